The van der Waals surface area contributed by atoms with Gasteiger partial charge >= 0.3 is 0 Å². The molecule has 0 radical (unpaired) electrons. The zero-order chi connectivity index (χ0) is 23.8. The van der Waals surface area contributed by atoms with E-state index in [1.807, 2.05) is 22.7 Å². The Morgan fingerprint density at radius 1 is 0.459 bits per heavy atom. The summed E-state index contributed by atoms with van der Waals surface area (Å²) in [6.07, 6.45) is 0. The fraction of sp³-hybridized carbons (Fsp3) is 0. The van der Waals surface area contributed by atoms with Crippen LogP contribution in [0, 0.1) is 0 Å². The molecule has 0 spiro atoms. The number of furan rings is 1. The second-order valence-electron chi connectivity index (χ2n) is 10.0. The zero-order valence-electron chi connectivity index (χ0n) is 19.5. The van der Waals surface area contributed by atoms with Crippen molar-refractivity contribution >= 4 is 95.7 Å². The van der Waals surface area contributed by atoms with Crippen molar-refractivity contribution in [2.75, 3.05) is 0 Å². The summed E-state index contributed by atoms with van der Waals surface area (Å²) in [4.78, 5) is 0. The molecule has 9 aromatic rings. The predicted octanol–water partition coefficient (Wildman–Crippen LogP) is 11.1. The summed E-state index contributed by atoms with van der Waals surface area (Å²) >= 11 is 3.78. The molecule has 0 atom stereocenters. The third-order valence-corrected chi connectivity index (χ3v) is 10.5. The van der Waals surface area contributed by atoms with E-state index in [0.29, 0.717) is 0 Å². The highest BCUT2D eigenvalue weighted by Gasteiger charge is 2.26. The Morgan fingerprint density at radius 2 is 1.24 bits per heavy atom. The van der Waals surface area contributed by atoms with Gasteiger partial charge < -0.3 is 4.42 Å². The van der Waals surface area contributed by atoms with Gasteiger partial charge in [-0.1, -0.05) is 54.6 Å². The number of thiophene rings is 2. The maximum absolute atomic E-state index is 6.44. The van der Waals surface area contributed by atoms with E-state index in [1.165, 1.54) is 84.1 Å². The van der Waals surface area contributed by atoms with Crippen molar-refractivity contribution < 1.29 is 4.42 Å². The minimum Gasteiger partial charge on any atom is -0.456 e. The number of rotatable bonds is 1. The summed E-state index contributed by atoms with van der Waals surface area (Å²) in [5, 5.41) is 10.6. The van der Waals surface area contributed by atoms with Crippen molar-refractivity contribution in [2.24, 2.45) is 0 Å². The van der Waals surface area contributed by atoms with Crippen molar-refractivity contribution in [1.29, 1.82) is 0 Å². The fourth-order valence-corrected chi connectivity index (χ4v) is 8.90. The molecule has 1 aliphatic rings. The van der Waals surface area contributed by atoms with E-state index in [4.69, 9.17) is 4.42 Å². The SMILES string of the molecule is c1cc2c3c(c1)oc1ccc4ccc5sc6ccc(-c7ccc8sc9ccccc9c8c7)c-2c6c5c4c13. The maximum Gasteiger partial charge on any atom is 0.136 e. The Kier molecular flexibility index (Phi) is 3.28. The topological polar surface area (TPSA) is 13.1 Å². The molecule has 0 saturated carbocycles. The summed E-state index contributed by atoms with van der Waals surface area (Å²) in [6.45, 7) is 0. The normalized spacial score (nSPS) is 12.9. The van der Waals surface area contributed by atoms with Crippen molar-refractivity contribution in [1.82, 2.24) is 0 Å². The molecule has 0 bridgehead atoms. The van der Waals surface area contributed by atoms with Crippen LogP contribution in [-0.4, -0.2) is 0 Å². The molecule has 1 nitrogen and oxygen atoms in total. The molecular formula is C34H16OS2. The van der Waals surface area contributed by atoms with Crippen LogP contribution in [0.5, 0.6) is 0 Å². The number of hydrogen-bond acceptors (Lipinski definition) is 3. The van der Waals surface area contributed by atoms with Crippen LogP contribution < -0.4 is 0 Å². The Balaban J connectivity index is 1.45. The number of benzene rings is 6. The Bertz CT molecular complexity index is 2460. The van der Waals surface area contributed by atoms with Crippen LogP contribution in [0.3, 0.4) is 0 Å². The van der Waals surface area contributed by atoms with Crippen LogP contribution >= 0.6 is 22.7 Å². The lowest BCUT2D eigenvalue weighted by Gasteiger charge is -2.13. The van der Waals surface area contributed by atoms with Crippen LogP contribution in [0.1, 0.15) is 0 Å². The van der Waals surface area contributed by atoms with Gasteiger partial charge in [-0.25, -0.2) is 0 Å². The van der Waals surface area contributed by atoms with Crippen molar-refractivity contribution in [3.8, 4) is 22.3 Å². The van der Waals surface area contributed by atoms with E-state index in [9.17, 15) is 0 Å². The molecule has 0 unspecified atom stereocenters. The van der Waals surface area contributed by atoms with Gasteiger partial charge in [0.05, 0.1) is 0 Å². The number of hydrogen-bond donors (Lipinski definition) is 0. The number of fused-ring (bicyclic) bond motifs is 4. The monoisotopic (exact) mass is 504 g/mol. The summed E-state index contributed by atoms with van der Waals surface area (Å²) in [6, 6.07) is 35.9. The van der Waals surface area contributed by atoms with E-state index in [1.54, 1.807) is 0 Å². The minimum absolute atomic E-state index is 0.966. The highest BCUT2D eigenvalue weighted by atomic mass is 32.1. The van der Waals surface area contributed by atoms with Crippen LogP contribution in [0.2, 0.25) is 0 Å². The Morgan fingerprint density at radius 3 is 2.24 bits per heavy atom. The van der Waals surface area contributed by atoms with Gasteiger partial charge in [0.1, 0.15) is 11.2 Å². The van der Waals surface area contributed by atoms with Gasteiger partial charge in [-0.05, 0) is 70.1 Å². The maximum atomic E-state index is 6.44. The van der Waals surface area contributed by atoms with Crippen molar-refractivity contribution in [2.45, 2.75) is 0 Å². The van der Waals surface area contributed by atoms with E-state index in [-0.39, 0.29) is 0 Å². The van der Waals surface area contributed by atoms with Crippen LogP contribution in [-0.2, 0) is 0 Å². The minimum atomic E-state index is 0.966. The molecule has 3 heterocycles. The quantitative estimate of drug-likeness (QED) is 0.217. The molecule has 10 rings (SSSR count). The summed E-state index contributed by atoms with van der Waals surface area (Å²) in [7, 11) is 0. The van der Waals surface area contributed by atoms with Crippen LogP contribution in [0.25, 0.3) is 95.3 Å². The van der Waals surface area contributed by atoms with Crippen molar-refractivity contribution in [3.05, 3.63) is 97.1 Å². The zero-order valence-corrected chi connectivity index (χ0v) is 21.1. The first-order valence-electron chi connectivity index (χ1n) is 12.5. The molecule has 3 aromatic heterocycles. The molecule has 0 saturated heterocycles. The highest BCUT2D eigenvalue weighted by molar-refractivity contribution is 7.26. The average molecular weight is 505 g/mol. The third-order valence-electron chi connectivity index (χ3n) is 8.20. The predicted molar refractivity (Wildman–Crippen MR) is 161 cm³/mol. The lowest BCUT2D eigenvalue weighted by Crippen LogP contribution is -1.87. The summed E-state index contributed by atoms with van der Waals surface area (Å²) in [5.41, 5.74) is 7.10. The van der Waals surface area contributed by atoms with E-state index >= 15 is 0 Å². The molecule has 170 valence electrons. The summed E-state index contributed by atoms with van der Waals surface area (Å²) in [5.74, 6) is 0. The van der Waals surface area contributed by atoms with Gasteiger partial charge in [-0.3, -0.25) is 0 Å². The molecule has 0 aliphatic heterocycles. The lowest BCUT2D eigenvalue weighted by atomic mass is 9.89. The molecule has 6 aromatic carbocycles. The molecule has 0 amide bonds. The van der Waals surface area contributed by atoms with Gasteiger partial charge in [-0.15, -0.1) is 22.7 Å². The third kappa shape index (κ3) is 2.22. The van der Waals surface area contributed by atoms with Gasteiger partial charge in [0.2, 0.25) is 0 Å². The van der Waals surface area contributed by atoms with Crippen molar-refractivity contribution in [3.63, 3.8) is 0 Å². The first-order chi connectivity index (χ1) is 18.3. The van der Waals surface area contributed by atoms with Gasteiger partial charge in [-0.2, -0.15) is 0 Å². The Hall–Kier alpha value is -4.18. The van der Waals surface area contributed by atoms with Gasteiger partial charge in [0.15, 0.2) is 0 Å². The smallest absolute Gasteiger partial charge is 0.136 e. The fourth-order valence-electron chi connectivity index (χ4n) is 6.70. The highest BCUT2D eigenvalue weighted by Crippen LogP contribution is 2.54. The molecule has 0 N–H and O–H groups in total. The van der Waals surface area contributed by atoms with Crippen LogP contribution in [0.15, 0.2) is 101 Å². The van der Waals surface area contributed by atoms with E-state index in [0.717, 1.165) is 11.2 Å². The average Bonchev–Trinajstić information content (AvgIpc) is 3.59. The second-order valence-corrected chi connectivity index (χ2v) is 12.2. The molecule has 3 heteroatoms. The van der Waals surface area contributed by atoms with Gasteiger partial charge in [0, 0.05) is 56.5 Å². The largest absolute Gasteiger partial charge is 0.456 e. The van der Waals surface area contributed by atoms with Crippen LogP contribution in [0.4, 0.5) is 0 Å². The second kappa shape index (κ2) is 6.38. The molecule has 0 fully saturated rings. The first kappa shape index (κ1) is 19.0. The van der Waals surface area contributed by atoms with E-state index < -0.39 is 0 Å². The molecule has 1 aliphatic carbocycles. The first-order valence-corrected chi connectivity index (χ1v) is 14.1. The molecule has 37 heavy (non-hydrogen) atoms. The molecular weight excluding hydrogens is 489 g/mol. The Labute approximate surface area is 218 Å². The lowest BCUT2D eigenvalue weighted by molar-refractivity contribution is 0.669. The standard InChI is InChI=1S/C34H16OS2/c1-2-7-25-20(4-1)22-16-18(10-13-26(22)36-25)19-11-15-28-34-30(19)21-5-3-6-23-31(21)32-24(35-23)12-8-17-9-14-27(37-28)33(34)29(17)32/h1-16H. The van der Waals surface area contributed by atoms with E-state index in [2.05, 4.69) is 97.1 Å². The summed E-state index contributed by atoms with van der Waals surface area (Å²) < 4.78 is 11.8. The van der Waals surface area contributed by atoms with Gasteiger partial charge in [0.25, 0.3) is 0 Å².